The van der Waals surface area contributed by atoms with E-state index in [1.165, 1.54) is 10.4 Å². The monoisotopic (exact) mass is 495 g/mol. The fourth-order valence-electron chi connectivity index (χ4n) is 4.59. The van der Waals surface area contributed by atoms with E-state index < -0.39 is 10.0 Å². The Bertz CT molecular complexity index is 1180. The number of piperidine rings is 1. The summed E-state index contributed by atoms with van der Waals surface area (Å²) in [5, 5.41) is 0. The lowest BCUT2D eigenvalue weighted by atomic mass is 10.1. The van der Waals surface area contributed by atoms with Crippen LogP contribution in [0.25, 0.3) is 0 Å². The van der Waals surface area contributed by atoms with Crippen LogP contribution in [0.2, 0.25) is 0 Å². The highest BCUT2D eigenvalue weighted by atomic mass is 32.2. The van der Waals surface area contributed by atoms with Crippen molar-refractivity contribution in [1.82, 2.24) is 9.21 Å². The Morgan fingerprint density at radius 2 is 1.71 bits per heavy atom. The number of carbonyl (C=O) groups excluding carboxylic acids is 1. The van der Waals surface area contributed by atoms with Gasteiger partial charge in [0.25, 0.3) is 5.91 Å². The highest BCUT2D eigenvalue weighted by Gasteiger charge is 2.30. The number of terminal acetylenes is 1. The lowest BCUT2D eigenvalue weighted by molar-refractivity contribution is 0.0730. The second-order valence-corrected chi connectivity index (χ2v) is 11.0. The van der Waals surface area contributed by atoms with Crippen molar-refractivity contribution in [2.45, 2.75) is 37.6 Å². The largest absolute Gasteiger partial charge is 0.379 e. The van der Waals surface area contributed by atoms with Gasteiger partial charge in [-0.3, -0.25) is 4.79 Å². The molecule has 0 unspecified atom stereocenters. The van der Waals surface area contributed by atoms with E-state index >= 15 is 0 Å². The predicted octanol–water partition coefficient (Wildman–Crippen LogP) is 3.28. The van der Waals surface area contributed by atoms with Crippen molar-refractivity contribution in [3.05, 3.63) is 59.2 Å². The molecule has 0 atom stereocenters. The molecule has 2 aliphatic rings. The van der Waals surface area contributed by atoms with Crippen molar-refractivity contribution in [3.63, 3.8) is 0 Å². The van der Waals surface area contributed by atoms with Crippen LogP contribution < -0.4 is 4.90 Å². The Kier molecular flexibility index (Phi) is 8.11. The van der Waals surface area contributed by atoms with E-state index in [1.807, 2.05) is 31.2 Å². The molecule has 2 fully saturated rings. The minimum Gasteiger partial charge on any atom is -0.379 e. The molecular formula is C27H33N3O4S. The van der Waals surface area contributed by atoms with Gasteiger partial charge in [0, 0.05) is 38.4 Å². The van der Waals surface area contributed by atoms with Crippen molar-refractivity contribution in [2.24, 2.45) is 0 Å². The number of anilines is 1. The normalized spacial score (nSPS) is 17.1. The zero-order chi connectivity index (χ0) is 24.8. The number of nitrogens with zero attached hydrogens (tertiary/aromatic N) is 3. The molecule has 4 rings (SSSR count). The number of hydrogen-bond acceptors (Lipinski definition) is 5. The Hall–Kier alpha value is -2.86. The number of morpholine rings is 1. The minimum atomic E-state index is -3.74. The van der Waals surface area contributed by atoms with Crippen LogP contribution in [0.15, 0.2) is 47.4 Å². The number of benzene rings is 2. The molecule has 1 amide bonds. The van der Waals surface area contributed by atoms with Gasteiger partial charge in [0.15, 0.2) is 0 Å². The third kappa shape index (κ3) is 5.87. The van der Waals surface area contributed by atoms with Gasteiger partial charge in [0.2, 0.25) is 10.0 Å². The summed E-state index contributed by atoms with van der Waals surface area (Å²) in [7, 11) is -3.74. The van der Waals surface area contributed by atoms with Crippen LogP contribution in [0.5, 0.6) is 0 Å². The smallest absolute Gasteiger partial charge is 0.257 e. The minimum absolute atomic E-state index is 0.125. The maximum atomic E-state index is 13.9. The first-order chi connectivity index (χ1) is 16.9. The summed E-state index contributed by atoms with van der Waals surface area (Å²) in [4.78, 5) is 17.8. The van der Waals surface area contributed by atoms with Crippen LogP contribution in [0.4, 0.5) is 5.69 Å². The fourth-order valence-corrected chi connectivity index (χ4v) is 6.02. The zero-order valence-electron chi connectivity index (χ0n) is 20.3. The lowest BCUT2D eigenvalue weighted by Crippen LogP contribution is -2.41. The van der Waals surface area contributed by atoms with Gasteiger partial charge in [0.05, 0.1) is 30.2 Å². The number of hydrogen-bond donors (Lipinski definition) is 0. The third-order valence-electron chi connectivity index (χ3n) is 6.57. The van der Waals surface area contributed by atoms with Gasteiger partial charge >= 0.3 is 0 Å². The van der Waals surface area contributed by atoms with Crippen LogP contribution in [0.3, 0.4) is 0 Å². The maximum absolute atomic E-state index is 13.9. The Morgan fingerprint density at radius 1 is 1.03 bits per heavy atom. The van der Waals surface area contributed by atoms with Crippen LogP contribution in [-0.2, 0) is 21.3 Å². The molecule has 0 spiro atoms. The molecular weight excluding hydrogens is 462 g/mol. The quantitative estimate of drug-likeness (QED) is 0.552. The first-order valence-corrected chi connectivity index (χ1v) is 13.6. The number of aryl methyl sites for hydroxylation is 1. The summed E-state index contributed by atoms with van der Waals surface area (Å²) in [6, 6.07) is 12.9. The number of carbonyl (C=O) groups is 1. The molecule has 0 aliphatic carbocycles. The second-order valence-electron chi connectivity index (χ2n) is 9.09. The SMILES string of the molecule is C#CCN(Cc1ccc(C)cc1)C(=O)c1cc(S(=O)(=O)N2CCOCC2)ccc1N1CCCCC1. The summed E-state index contributed by atoms with van der Waals surface area (Å²) < 4.78 is 33.5. The van der Waals surface area contributed by atoms with Crippen molar-refractivity contribution in [2.75, 3.05) is 50.8 Å². The van der Waals surface area contributed by atoms with Gasteiger partial charge in [-0.2, -0.15) is 4.31 Å². The summed E-state index contributed by atoms with van der Waals surface area (Å²) in [6.45, 7) is 5.50. The second kappa shape index (κ2) is 11.3. The van der Waals surface area contributed by atoms with Crippen LogP contribution in [0, 0.1) is 19.3 Å². The predicted molar refractivity (Wildman–Crippen MR) is 137 cm³/mol. The average Bonchev–Trinajstić information content (AvgIpc) is 2.90. The molecule has 0 radical (unpaired) electrons. The maximum Gasteiger partial charge on any atom is 0.257 e. The molecule has 2 heterocycles. The molecule has 0 saturated carbocycles. The van der Waals surface area contributed by atoms with Gasteiger partial charge in [0.1, 0.15) is 0 Å². The molecule has 0 bridgehead atoms. The van der Waals surface area contributed by atoms with E-state index in [0.29, 0.717) is 38.4 Å². The summed E-state index contributed by atoms with van der Waals surface area (Å²) in [5.74, 6) is 2.34. The number of ether oxygens (including phenoxy) is 1. The fraction of sp³-hybridized carbons (Fsp3) is 0.444. The molecule has 7 nitrogen and oxygen atoms in total. The van der Waals surface area contributed by atoms with Gasteiger partial charge < -0.3 is 14.5 Å². The first kappa shape index (κ1) is 25.2. The number of rotatable bonds is 7. The summed E-state index contributed by atoms with van der Waals surface area (Å²) >= 11 is 0. The molecule has 35 heavy (non-hydrogen) atoms. The molecule has 0 aromatic heterocycles. The zero-order valence-corrected chi connectivity index (χ0v) is 21.1. The number of amides is 1. The van der Waals surface area contributed by atoms with E-state index in [4.69, 9.17) is 11.2 Å². The van der Waals surface area contributed by atoms with Gasteiger partial charge in [-0.25, -0.2) is 8.42 Å². The van der Waals surface area contributed by atoms with Crippen molar-refractivity contribution in [3.8, 4) is 12.3 Å². The Morgan fingerprint density at radius 3 is 2.37 bits per heavy atom. The molecule has 2 aliphatic heterocycles. The van der Waals surface area contributed by atoms with Gasteiger partial charge in [-0.15, -0.1) is 6.42 Å². The van der Waals surface area contributed by atoms with E-state index in [2.05, 4.69) is 10.8 Å². The highest BCUT2D eigenvalue weighted by Crippen LogP contribution is 2.30. The van der Waals surface area contributed by atoms with E-state index in [9.17, 15) is 13.2 Å². The average molecular weight is 496 g/mol. The number of sulfonamides is 1. The van der Waals surface area contributed by atoms with Crippen molar-refractivity contribution >= 4 is 21.6 Å². The van der Waals surface area contributed by atoms with Crippen LogP contribution >= 0.6 is 0 Å². The molecule has 2 saturated heterocycles. The Labute approximate surface area is 208 Å². The van der Waals surface area contributed by atoms with E-state index in [-0.39, 0.29) is 17.3 Å². The van der Waals surface area contributed by atoms with E-state index in [0.717, 1.165) is 49.2 Å². The standard InChI is InChI=1S/C27H33N3O4S/c1-3-13-29(21-23-9-7-22(2)8-10-23)27(31)25-20-24(35(32,33)30-16-18-34-19-17-30)11-12-26(25)28-14-5-4-6-15-28/h1,7-12,20H,4-6,13-19,21H2,2H3. The Balaban J connectivity index is 1.72. The molecule has 186 valence electrons. The van der Waals surface area contributed by atoms with Crippen molar-refractivity contribution < 1.29 is 17.9 Å². The third-order valence-corrected chi connectivity index (χ3v) is 8.46. The van der Waals surface area contributed by atoms with Crippen LogP contribution in [0.1, 0.15) is 40.7 Å². The molecule has 2 aromatic carbocycles. The summed E-state index contributed by atoms with van der Waals surface area (Å²) in [5.41, 5.74) is 3.25. The van der Waals surface area contributed by atoms with Gasteiger partial charge in [-0.1, -0.05) is 35.7 Å². The van der Waals surface area contributed by atoms with E-state index in [1.54, 1.807) is 17.0 Å². The summed E-state index contributed by atoms with van der Waals surface area (Å²) in [6.07, 6.45) is 8.87. The highest BCUT2D eigenvalue weighted by molar-refractivity contribution is 7.89. The lowest BCUT2D eigenvalue weighted by Gasteiger charge is -2.32. The van der Waals surface area contributed by atoms with Gasteiger partial charge in [-0.05, 0) is 49.9 Å². The van der Waals surface area contributed by atoms with Crippen molar-refractivity contribution in [1.29, 1.82) is 0 Å². The topological polar surface area (TPSA) is 70.2 Å². The molecule has 2 aromatic rings. The molecule has 0 N–H and O–H groups in total. The first-order valence-electron chi connectivity index (χ1n) is 12.2. The molecule has 8 heteroatoms. The van der Waals surface area contributed by atoms with Crippen LogP contribution in [-0.4, -0.2) is 69.5 Å².